The van der Waals surface area contributed by atoms with E-state index in [9.17, 15) is 4.79 Å². The Morgan fingerprint density at radius 3 is 2.73 bits per heavy atom. The summed E-state index contributed by atoms with van der Waals surface area (Å²) in [5.41, 5.74) is 3.20. The Hall–Kier alpha value is -2.37. The number of fused-ring (bicyclic) bond motifs is 1. The molecule has 1 fully saturated rings. The number of hydrogen-bond acceptors (Lipinski definition) is 3. The molecule has 112 valence electrons. The van der Waals surface area contributed by atoms with Gasteiger partial charge in [0.05, 0.1) is 19.3 Å². The van der Waals surface area contributed by atoms with Gasteiger partial charge in [0.2, 0.25) is 6.23 Å². The molecular formula is C17H16N2O3. The van der Waals surface area contributed by atoms with Crippen LogP contribution in [0.3, 0.4) is 0 Å². The SMILES string of the molecule is O=C(NC1COCc2ccccc21)N1OC1c1ccccc1. The molecule has 0 aromatic heterocycles. The van der Waals surface area contributed by atoms with E-state index >= 15 is 0 Å². The van der Waals surface area contributed by atoms with Crippen molar-refractivity contribution in [2.45, 2.75) is 18.9 Å². The number of rotatable bonds is 2. The Labute approximate surface area is 128 Å². The number of carbonyl (C=O) groups excluding carboxylic acids is 1. The molecule has 0 saturated carbocycles. The fraction of sp³-hybridized carbons (Fsp3) is 0.235. The van der Waals surface area contributed by atoms with E-state index < -0.39 is 0 Å². The van der Waals surface area contributed by atoms with Gasteiger partial charge >= 0.3 is 6.03 Å². The van der Waals surface area contributed by atoms with E-state index in [1.54, 1.807) is 0 Å². The van der Waals surface area contributed by atoms with Gasteiger partial charge in [-0.2, -0.15) is 5.06 Å². The van der Waals surface area contributed by atoms with Crippen molar-refractivity contribution in [3.05, 3.63) is 71.3 Å². The fourth-order valence-electron chi connectivity index (χ4n) is 2.76. The summed E-state index contributed by atoms with van der Waals surface area (Å²) < 4.78 is 5.55. The van der Waals surface area contributed by atoms with Gasteiger partial charge in [0.15, 0.2) is 0 Å². The zero-order valence-electron chi connectivity index (χ0n) is 11.9. The maximum atomic E-state index is 12.3. The number of nitrogens with zero attached hydrogens (tertiary/aromatic N) is 1. The Bertz CT molecular complexity index is 689. The molecule has 2 amide bonds. The highest BCUT2D eigenvalue weighted by Crippen LogP contribution is 2.37. The van der Waals surface area contributed by atoms with Crippen LogP contribution in [0.4, 0.5) is 4.79 Å². The van der Waals surface area contributed by atoms with Gasteiger partial charge in [0.1, 0.15) is 0 Å². The van der Waals surface area contributed by atoms with Gasteiger partial charge in [-0.25, -0.2) is 9.63 Å². The number of benzene rings is 2. The van der Waals surface area contributed by atoms with E-state index in [4.69, 9.17) is 9.57 Å². The molecule has 0 spiro atoms. The first kappa shape index (κ1) is 13.3. The van der Waals surface area contributed by atoms with E-state index in [0.29, 0.717) is 13.2 Å². The van der Waals surface area contributed by atoms with Crippen LogP contribution in [-0.2, 0) is 16.2 Å². The normalized spacial score (nSPS) is 22.8. The van der Waals surface area contributed by atoms with Gasteiger partial charge in [-0.05, 0) is 11.1 Å². The molecule has 5 nitrogen and oxygen atoms in total. The predicted octanol–water partition coefficient (Wildman–Crippen LogP) is 2.91. The topological polar surface area (TPSA) is 53.9 Å². The summed E-state index contributed by atoms with van der Waals surface area (Å²) >= 11 is 0. The smallest absolute Gasteiger partial charge is 0.344 e. The zero-order chi connectivity index (χ0) is 14.9. The molecule has 2 atom stereocenters. The Kier molecular flexibility index (Phi) is 3.29. The second kappa shape index (κ2) is 5.44. The predicted molar refractivity (Wildman–Crippen MR) is 79.5 cm³/mol. The second-order valence-corrected chi connectivity index (χ2v) is 5.41. The number of hydroxylamine groups is 2. The zero-order valence-corrected chi connectivity index (χ0v) is 11.9. The van der Waals surface area contributed by atoms with Crippen LogP contribution in [-0.4, -0.2) is 17.7 Å². The summed E-state index contributed by atoms with van der Waals surface area (Å²) in [6.07, 6.45) is -0.291. The molecule has 4 rings (SSSR count). The Morgan fingerprint density at radius 1 is 1.09 bits per heavy atom. The van der Waals surface area contributed by atoms with Gasteiger partial charge < -0.3 is 10.1 Å². The average molecular weight is 296 g/mol. The summed E-state index contributed by atoms with van der Waals surface area (Å²) in [6.45, 7) is 1.07. The molecule has 1 N–H and O–H groups in total. The van der Waals surface area contributed by atoms with Crippen molar-refractivity contribution < 1.29 is 14.4 Å². The largest absolute Gasteiger partial charge is 0.374 e. The van der Waals surface area contributed by atoms with E-state index in [2.05, 4.69) is 5.32 Å². The summed E-state index contributed by atoms with van der Waals surface area (Å²) in [6, 6.07) is 17.3. The molecule has 2 aromatic rings. The monoisotopic (exact) mass is 296 g/mol. The van der Waals surface area contributed by atoms with Crippen LogP contribution in [0.25, 0.3) is 0 Å². The Balaban J connectivity index is 1.44. The van der Waals surface area contributed by atoms with Gasteiger partial charge in [-0.1, -0.05) is 54.6 Å². The highest BCUT2D eigenvalue weighted by atomic mass is 16.8. The summed E-state index contributed by atoms with van der Waals surface area (Å²) in [7, 11) is 0. The van der Waals surface area contributed by atoms with Gasteiger partial charge in [-0.3, -0.25) is 0 Å². The molecule has 0 bridgehead atoms. The van der Waals surface area contributed by atoms with Crippen molar-refractivity contribution in [1.29, 1.82) is 0 Å². The lowest BCUT2D eigenvalue weighted by Gasteiger charge is -2.26. The third kappa shape index (κ3) is 2.45. The summed E-state index contributed by atoms with van der Waals surface area (Å²) in [4.78, 5) is 17.7. The van der Waals surface area contributed by atoms with Crippen LogP contribution in [0.1, 0.15) is 29.0 Å². The first-order valence-electron chi connectivity index (χ1n) is 7.30. The van der Waals surface area contributed by atoms with Crippen LogP contribution < -0.4 is 5.32 Å². The molecule has 1 saturated heterocycles. The summed E-state index contributed by atoms with van der Waals surface area (Å²) in [5, 5.41) is 4.33. The minimum Gasteiger partial charge on any atom is -0.374 e. The molecule has 2 aliphatic rings. The molecule has 5 heteroatoms. The lowest BCUT2D eigenvalue weighted by molar-refractivity contribution is 0.0811. The minimum absolute atomic E-state index is 0.141. The summed E-state index contributed by atoms with van der Waals surface area (Å²) in [5.74, 6) is 0. The van der Waals surface area contributed by atoms with Crippen molar-refractivity contribution in [3.8, 4) is 0 Å². The van der Waals surface area contributed by atoms with Crippen molar-refractivity contribution in [2.75, 3.05) is 6.61 Å². The van der Waals surface area contributed by atoms with Gasteiger partial charge in [-0.15, -0.1) is 0 Å². The third-order valence-electron chi connectivity index (χ3n) is 3.94. The van der Waals surface area contributed by atoms with Crippen LogP contribution in [0, 0.1) is 0 Å². The number of urea groups is 1. The number of ether oxygens (including phenoxy) is 1. The fourth-order valence-corrected chi connectivity index (χ4v) is 2.76. The lowest BCUT2D eigenvalue weighted by Crippen LogP contribution is -2.37. The standard InChI is InChI=1S/C17H16N2O3/c20-17(19-16(22-19)12-6-2-1-3-7-12)18-15-11-21-10-13-8-4-5-9-14(13)15/h1-9,15-16H,10-11H2,(H,18,20). The molecular weight excluding hydrogens is 280 g/mol. The second-order valence-electron chi connectivity index (χ2n) is 5.41. The quantitative estimate of drug-likeness (QED) is 0.867. The van der Waals surface area contributed by atoms with Gasteiger partial charge in [0, 0.05) is 5.56 Å². The lowest BCUT2D eigenvalue weighted by atomic mass is 9.99. The Morgan fingerprint density at radius 2 is 1.86 bits per heavy atom. The van der Waals surface area contributed by atoms with Gasteiger partial charge in [0.25, 0.3) is 0 Å². The van der Waals surface area contributed by atoms with E-state index in [0.717, 1.165) is 16.7 Å². The van der Waals surface area contributed by atoms with Crippen molar-refractivity contribution in [3.63, 3.8) is 0 Å². The molecule has 2 heterocycles. The van der Waals surface area contributed by atoms with E-state index in [-0.39, 0.29) is 18.3 Å². The number of hydrogen-bond donors (Lipinski definition) is 1. The third-order valence-corrected chi connectivity index (χ3v) is 3.94. The van der Waals surface area contributed by atoms with Crippen LogP contribution in [0.15, 0.2) is 54.6 Å². The molecule has 0 aliphatic carbocycles. The first-order chi connectivity index (χ1) is 10.8. The van der Waals surface area contributed by atoms with Crippen LogP contribution >= 0.6 is 0 Å². The highest BCUT2D eigenvalue weighted by Gasteiger charge is 2.43. The average Bonchev–Trinajstić information content (AvgIpc) is 3.37. The number of nitrogens with one attached hydrogen (secondary N) is 1. The van der Waals surface area contributed by atoms with Crippen molar-refractivity contribution in [1.82, 2.24) is 10.4 Å². The molecule has 2 aliphatic heterocycles. The number of carbonyl (C=O) groups is 1. The molecule has 22 heavy (non-hydrogen) atoms. The highest BCUT2D eigenvalue weighted by molar-refractivity contribution is 5.75. The van der Waals surface area contributed by atoms with Crippen molar-refractivity contribution in [2.24, 2.45) is 0 Å². The van der Waals surface area contributed by atoms with Crippen LogP contribution in [0.5, 0.6) is 0 Å². The maximum Gasteiger partial charge on any atom is 0.344 e. The van der Waals surface area contributed by atoms with E-state index in [1.807, 2.05) is 54.6 Å². The van der Waals surface area contributed by atoms with Crippen LogP contribution in [0.2, 0.25) is 0 Å². The first-order valence-corrected chi connectivity index (χ1v) is 7.30. The molecule has 2 aromatic carbocycles. The molecule has 0 radical (unpaired) electrons. The van der Waals surface area contributed by atoms with Crippen molar-refractivity contribution >= 4 is 6.03 Å². The van der Waals surface area contributed by atoms with E-state index in [1.165, 1.54) is 5.06 Å². The maximum absolute atomic E-state index is 12.3. The minimum atomic E-state index is -0.291. The number of amides is 2. The molecule has 2 unspecified atom stereocenters.